The van der Waals surface area contributed by atoms with Crippen molar-refractivity contribution in [3.63, 3.8) is 0 Å². The van der Waals surface area contributed by atoms with Crippen LogP contribution >= 0.6 is 11.5 Å². The number of benzene rings is 2. The molecule has 1 aromatic heterocycles. The first-order valence-electron chi connectivity index (χ1n) is 6.49. The van der Waals surface area contributed by atoms with Gasteiger partial charge in [0.15, 0.2) is 0 Å². The van der Waals surface area contributed by atoms with Gasteiger partial charge >= 0.3 is 0 Å². The predicted octanol–water partition coefficient (Wildman–Crippen LogP) is 2.33. The van der Waals surface area contributed by atoms with Crippen molar-refractivity contribution in [1.29, 1.82) is 0 Å². The molecule has 1 amide bonds. The molecule has 0 radical (unpaired) electrons. The largest absolute Gasteiger partial charge is 0.395 e. The summed E-state index contributed by atoms with van der Waals surface area (Å²) in [5.41, 5.74) is 2.00. The Balaban J connectivity index is 1.96. The molecule has 0 fully saturated rings. The molecular formula is C15H13N3O2S. The van der Waals surface area contributed by atoms with Gasteiger partial charge in [-0.05, 0) is 41.9 Å². The van der Waals surface area contributed by atoms with Crippen molar-refractivity contribution in [3.8, 4) is 0 Å². The molecule has 3 aromatic rings. The van der Waals surface area contributed by atoms with Gasteiger partial charge in [0, 0.05) is 17.8 Å². The third-order valence-electron chi connectivity index (χ3n) is 3.13. The van der Waals surface area contributed by atoms with E-state index in [2.05, 4.69) is 9.59 Å². The van der Waals surface area contributed by atoms with Crippen LogP contribution in [0.25, 0.3) is 10.2 Å². The Morgan fingerprint density at radius 1 is 1.19 bits per heavy atom. The van der Waals surface area contributed by atoms with E-state index in [0.29, 0.717) is 11.1 Å². The minimum absolute atomic E-state index is 0.0961. The molecule has 1 N–H and O–H groups in total. The van der Waals surface area contributed by atoms with Gasteiger partial charge in [0.1, 0.15) is 5.52 Å². The second-order valence-electron chi connectivity index (χ2n) is 4.47. The lowest BCUT2D eigenvalue weighted by molar-refractivity contribution is 0.0981. The molecule has 5 nitrogen and oxygen atoms in total. The fraction of sp³-hybridized carbons (Fsp3) is 0.133. The summed E-state index contributed by atoms with van der Waals surface area (Å²) < 4.78 is 4.81. The van der Waals surface area contributed by atoms with Crippen molar-refractivity contribution in [1.82, 2.24) is 9.59 Å². The molecule has 21 heavy (non-hydrogen) atoms. The normalized spacial score (nSPS) is 10.7. The summed E-state index contributed by atoms with van der Waals surface area (Å²) in [6, 6.07) is 14.6. The van der Waals surface area contributed by atoms with Crippen molar-refractivity contribution in [2.24, 2.45) is 0 Å². The van der Waals surface area contributed by atoms with Crippen LogP contribution in [0.1, 0.15) is 10.4 Å². The van der Waals surface area contributed by atoms with Gasteiger partial charge in [0.25, 0.3) is 5.91 Å². The average Bonchev–Trinajstić information content (AvgIpc) is 3.00. The number of hydrogen-bond donors (Lipinski definition) is 1. The lowest BCUT2D eigenvalue weighted by Crippen LogP contribution is -2.33. The lowest BCUT2D eigenvalue weighted by atomic mass is 10.1. The summed E-state index contributed by atoms with van der Waals surface area (Å²) in [4.78, 5) is 14.2. The number of para-hydroxylation sites is 1. The Bertz CT molecular complexity index is 758. The number of anilines is 1. The molecule has 0 spiro atoms. The molecular weight excluding hydrogens is 286 g/mol. The van der Waals surface area contributed by atoms with E-state index in [-0.39, 0.29) is 19.1 Å². The third kappa shape index (κ3) is 2.76. The molecule has 0 saturated heterocycles. The van der Waals surface area contributed by atoms with E-state index < -0.39 is 0 Å². The number of aromatic nitrogens is 2. The van der Waals surface area contributed by atoms with E-state index in [0.717, 1.165) is 10.4 Å². The van der Waals surface area contributed by atoms with E-state index in [1.165, 1.54) is 11.5 Å². The highest BCUT2D eigenvalue weighted by Gasteiger charge is 2.17. The number of rotatable bonds is 4. The number of fused-ring (bicyclic) bond motifs is 1. The predicted molar refractivity (Wildman–Crippen MR) is 82.6 cm³/mol. The first-order chi connectivity index (χ1) is 10.3. The van der Waals surface area contributed by atoms with Gasteiger partial charge in [0.2, 0.25) is 0 Å². The molecule has 3 rings (SSSR count). The van der Waals surface area contributed by atoms with Crippen LogP contribution < -0.4 is 4.90 Å². The van der Waals surface area contributed by atoms with Crippen molar-refractivity contribution in [3.05, 3.63) is 54.1 Å². The summed E-state index contributed by atoms with van der Waals surface area (Å²) in [6.45, 7) is 0.150. The Labute approximate surface area is 125 Å². The minimum Gasteiger partial charge on any atom is -0.395 e. The van der Waals surface area contributed by atoms with Crippen molar-refractivity contribution >= 4 is 33.3 Å². The van der Waals surface area contributed by atoms with Crippen molar-refractivity contribution in [2.45, 2.75) is 0 Å². The van der Waals surface area contributed by atoms with Crippen LogP contribution in [-0.4, -0.2) is 33.8 Å². The Morgan fingerprint density at radius 3 is 2.76 bits per heavy atom. The fourth-order valence-corrected chi connectivity index (χ4v) is 2.66. The Morgan fingerprint density at radius 2 is 2.00 bits per heavy atom. The van der Waals surface area contributed by atoms with E-state index >= 15 is 0 Å². The van der Waals surface area contributed by atoms with Crippen LogP contribution in [0, 0.1) is 0 Å². The first-order valence-corrected chi connectivity index (χ1v) is 7.27. The molecule has 0 atom stereocenters. The summed E-state index contributed by atoms with van der Waals surface area (Å²) in [5.74, 6) is -0.162. The SMILES string of the molecule is O=C(c1ccc2snnc2c1)N(CCO)c1ccccc1. The van der Waals surface area contributed by atoms with E-state index in [1.54, 1.807) is 17.0 Å². The molecule has 6 heteroatoms. The van der Waals surface area contributed by atoms with E-state index in [1.807, 2.05) is 36.4 Å². The molecule has 0 saturated carbocycles. The number of hydrogen-bond acceptors (Lipinski definition) is 5. The molecule has 0 bridgehead atoms. The first kappa shape index (κ1) is 13.7. The quantitative estimate of drug-likeness (QED) is 0.803. The van der Waals surface area contributed by atoms with Crippen LogP contribution in [0.2, 0.25) is 0 Å². The van der Waals surface area contributed by atoms with Crippen molar-refractivity contribution in [2.75, 3.05) is 18.1 Å². The highest BCUT2D eigenvalue weighted by Crippen LogP contribution is 2.20. The van der Waals surface area contributed by atoms with E-state index in [9.17, 15) is 9.90 Å². The van der Waals surface area contributed by atoms with Crippen LogP contribution in [0.5, 0.6) is 0 Å². The number of carbonyl (C=O) groups excluding carboxylic acids is 1. The smallest absolute Gasteiger partial charge is 0.258 e. The Kier molecular flexibility index (Phi) is 3.89. The maximum absolute atomic E-state index is 12.7. The molecule has 0 aliphatic carbocycles. The molecule has 2 aromatic carbocycles. The number of aliphatic hydroxyl groups excluding tert-OH is 1. The minimum atomic E-state index is -0.162. The van der Waals surface area contributed by atoms with Gasteiger partial charge in [-0.3, -0.25) is 4.79 Å². The second-order valence-corrected chi connectivity index (χ2v) is 5.26. The topological polar surface area (TPSA) is 66.3 Å². The molecule has 0 unspecified atom stereocenters. The zero-order valence-corrected chi connectivity index (χ0v) is 12.0. The van der Waals surface area contributed by atoms with Gasteiger partial charge in [0.05, 0.1) is 11.3 Å². The summed E-state index contributed by atoms with van der Waals surface area (Å²) in [7, 11) is 0. The van der Waals surface area contributed by atoms with Gasteiger partial charge in [-0.1, -0.05) is 22.7 Å². The zero-order chi connectivity index (χ0) is 14.7. The van der Waals surface area contributed by atoms with Gasteiger partial charge in [-0.15, -0.1) is 5.10 Å². The van der Waals surface area contributed by atoms with Crippen molar-refractivity contribution < 1.29 is 9.90 Å². The summed E-state index contributed by atoms with van der Waals surface area (Å²) in [5, 5.41) is 13.2. The van der Waals surface area contributed by atoms with Crippen LogP contribution in [0.4, 0.5) is 5.69 Å². The van der Waals surface area contributed by atoms with Gasteiger partial charge < -0.3 is 10.0 Å². The maximum atomic E-state index is 12.7. The molecule has 1 heterocycles. The fourth-order valence-electron chi connectivity index (χ4n) is 2.13. The number of amides is 1. The zero-order valence-electron chi connectivity index (χ0n) is 11.1. The number of nitrogens with zero attached hydrogens (tertiary/aromatic N) is 3. The monoisotopic (exact) mass is 299 g/mol. The number of aliphatic hydroxyl groups is 1. The van der Waals surface area contributed by atoms with Crippen LogP contribution in [0.15, 0.2) is 48.5 Å². The lowest BCUT2D eigenvalue weighted by Gasteiger charge is -2.21. The van der Waals surface area contributed by atoms with Crippen LogP contribution in [0.3, 0.4) is 0 Å². The van der Waals surface area contributed by atoms with Gasteiger partial charge in [-0.2, -0.15) is 0 Å². The third-order valence-corrected chi connectivity index (χ3v) is 3.84. The molecule has 0 aliphatic heterocycles. The maximum Gasteiger partial charge on any atom is 0.258 e. The average molecular weight is 299 g/mol. The molecule has 0 aliphatic rings. The summed E-state index contributed by atoms with van der Waals surface area (Å²) in [6.07, 6.45) is 0. The van der Waals surface area contributed by atoms with E-state index in [4.69, 9.17) is 0 Å². The summed E-state index contributed by atoms with van der Waals surface area (Å²) >= 11 is 1.30. The highest BCUT2D eigenvalue weighted by atomic mass is 32.1. The van der Waals surface area contributed by atoms with Gasteiger partial charge in [-0.25, -0.2) is 0 Å². The Hall–Kier alpha value is -2.31. The standard InChI is InChI=1S/C15H13N3O2S/c19-9-8-18(12-4-2-1-3-5-12)15(20)11-6-7-14-13(10-11)16-17-21-14/h1-7,10,19H,8-9H2. The highest BCUT2D eigenvalue weighted by molar-refractivity contribution is 7.12. The second kappa shape index (κ2) is 5.99. The number of carbonyl (C=O) groups is 1. The van der Waals surface area contributed by atoms with Crippen LogP contribution in [-0.2, 0) is 0 Å². The molecule has 106 valence electrons.